The van der Waals surface area contributed by atoms with Gasteiger partial charge < -0.3 is 9.64 Å². The van der Waals surface area contributed by atoms with Gasteiger partial charge in [0.1, 0.15) is 5.75 Å². The predicted molar refractivity (Wildman–Crippen MR) is 86.2 cm³/mol. The molecule has 1 rings (SSSR count). The lowest BCUT2D eigenvalue weighted by Gasteiger charge is -2.17. The Morgan fingerprint density at radius 3 is 2.26 bits per heavy atom. The highest BCUT2D eigenvalue weighted by Crippen LogP contribution is 2.24. The zero-order valence-electron chi connectivity index (χ0n) is 12.2. The lowest BCUT2D eigenvalue weighted by molar-refractivity contribution is -0.0791. The van der Waals surface area contributed by atoms with Gasteiger partial charge in [-0.2, -0.15) is 5.06 Å². The molecule has 0 N–H and O–H groups in total. The molecule has 5 nitrogen and oxygen atoms in total. The van der Waals surface area contributed by atoms with E-state index in [1.807, 2.05) is 49.0 Å². The van der Waals surface area contributed by atoms with Crippen LogP contribution in [0.3, 0.4) is 0 Å². The molecule has 0 aliphatic rings. The summed E-state index contributed by atoms with van der Waals surface area (Å²) in [6.45, 7) is 1.88. The second-order valence-electron chi connectivity index (χ2n) is 3.89. The van der Waals surface area contributed by atoms with Crippen LogP contribution in [-0.2, 0) is 4.84 Å². The van der Waals surface area contributed by atoms with E-state index < -0.39 is 6.09 Å². The molecule has 0 unspecified atom stereocenters. The van der Waals surface area contributed by atoms with E-state index in [2.05, 4.69) is 22.6 Å². The van der Waals surface area contributed by atoms with Gasteiger partial charge in [0.2, 0.25) is 0 Å². The van der Waals surface area contributed by atoms with Crippen LogP contribution >= 0.6 is 22.6 Å². The SMILES string of the molecule is CI.CON(C)C(=O)Oc1cc(N(C)C)ccc1C. The minimum Gasteiger partial charge on any atom is -0.408 e. The Hall–Kier alpha value is -1.02. The number of hydrogen-bond donors (Lipinski definition) is 0. The van der Waals surface area contributed by atoms with E-state index in [1.165, 1.54) is 14.2 Å². The molecule has 19 heavy (non-hydrogen) atoms. The quantitative estimate of drug-likeness (QED) is 0.459. The van der Waals surface area contributed by atoms with E-state index in [0.29, 0.717) is 5.75 Å². The predicted octanol–water partition coefficient (Wildman–Crippen LogP) is 3.10. The molecule has 0 radical (unpaired) electrons. The summed E-state index contributed by atoms with van der Waals surface area (Å²) in [6, 6.07) is 5.69. The molecule has 0 atom stereocenters. The summed E-state index contributed by atoms with van der Waals surface area (Å²) in [7, 11) is 6.76. The first kappa shape index (κ1) is 18.0. The summed E-state index contributed by atoms with van der Waals surface area (Å²) in [5, 5.41) is 1.03. The topological polar surface area (TPSA) is 42.0 Å². The average Bonchev–Trinajstić information content (AvgIpc) is 2.42. The fraction of sp³-hybridized carbons (Fsp3) is 0.462. The molecule has 0 saturated carbocycles. The van der Waals surface area contributed by atoms with E-state index in [-0.39, 0.29) is 0 Å². The molecule has 1 aromatic rings. The molecule has 0 aromatic heterocycles. The summed E-state index contributed by atoms with van der Waals surface area (Å²) in [5.41, 5.74) is 1.87. The normalized spacial score (nSPS) is 9.21. The van der Waals surface area contributed by atoms with Crippen LogP contribution < -0.4 is 9.64 Å². The van der Waals surface area contributed by atoms with E-state index in [4.69, 9.17) is 9.57 Å². The molecule has 0 fully saturated rings. The van der Waals surface area contributed by atoms with Gasteiger partial charge >= 0.3 is 6.09 Å². The minimum atomic E-state index is -0.550. The van der Waals surface area contributed by atoms with Crippen LogP contribution in [-0.4, -0.2) is 44.3 Å². The van der Waals surface area contributed by atoms with Gasteiger partial charge in [-0.15, -0.1) is 0 Å². The highest BCUT2D eigenvalue weighted by atomic mass is 127. The monoisotopic (exact) mass is 380 g/mol. The van der Waals surface area contributed by atoms with Crippen molar-refractivity contribution < 1.29 is 14.4 Å². The molecular formula is C13H21IN2O3. The molecule has 6 heteroatoms. The Labute approximate surface area is 128 Å². The third-order valence-electron chi connectivity index (χ3n) is 2.42. The fourth-order valence-corrected chi connectivity index (χ4v) is 1.21. The Morgan fingerprint density at radius 2 is 1.79 bits per heavy atom. The summed E-state index contributed by atoms with van der Waals surface area (Å²) in [5.74, 6) is 0.533. The molecule has 0 aliphatic heterocycles. The number of anilines is 1. The zero-order chi connectivity index (χ0) is 15.0. The van der Waals surface area contributed by atoms with Crippen molar-refractivity contribution in [3.05, 3.63) is 23.8 Å². The number of ether oxygens (including phenoxy) is 1. The van der Waals surface area contributed by atoms with Crippen LogP contribution in [0.1, 0.15) is 5.56 Å². The fourth-order valence-electron chi connectivity index (χ4n) is 1.21. The van der Waals surface area contributed by atoms with Crippen molar-refractivity contribution in [2.45, 2.75) is 6.92 Å². The van der Waals surface area contributed by atoms with Crippen LogP contribution in [0.15, 0.2) is 18.2 Å². The first-order valence-corrected chi connectivity index (χ1v) is 7.77. The summed E-state index contributed by atoms with van der Waals surface area (Å²) in [6.07, 6.45) is -0.550. The van der Waals surface area contributed by atoms with Crippen molar-refractivity contribution in [2.75, 3.05) is 38.1 Å². The van der Waals surface area contributed by atoms with Crippen molar-refractivity contribution in [1.29, 1.82) is 0 Å². The lowest BCUT2D eigenvalue weighted by atomic mass is 10.2. The second kappa shape index (κ2) is 8.98. The number of amides is 1. The second-order valence-corrected chi connectivity index (χ2v) is 3.89. The maximum atomic E-state index is 11.5. The number of rotatable bonds is 3. The first-order valence-electron chi connectivity index (χ1n) is 5.61. The molecule has 108 valence electrons. The van der Waals surface area contributed by atoms with Gasteiger partial charge in [0.15, 0.2) is 0 Å². The third-order valence-corrected chi connectivity index (χ3v) is 2.42. The number of nitrogens with zero attached hydrogens (tertiary/aromatic N) is 2. The highest BCUT2D eigenvalue weighted by Gasteiger charge is 2.12. The van der Waals surface area contributed by atoms with Gasteiger partial charge in [0.05, 0.1) is 7.11 Å². The molecule has 1 aromatic carbocycles. The van der Waals surface area contributed by atoms with Crippen molar-refractivity contribution in [2.24, 2.45) is 0 Å². The average molecular weight is 380 g/mol. The summed E-state index contributed by atoms with van der Waals surface area (Å²) in [4.78, 5) is 20.2. The van der Waals surface area contributed by atoms with Crippen LogP contribution in [0.25, 0.3) is 0 Å². The number of hydrogen-bond acceptors (Lipinski definition) is 4. The first-order chi connectivity index (χ1) is 8.95. The number of hydroxylamine groups is 2. The maximum absolute atomic E-state index is 11.5. The van der Waals surface area contributed by atoms with E-state index in [9.17, 15) is 4.79 Å². The Kier molecular flexibility index (Phi) is 8.49. The van der Waals surface area contributed by atoms with Gasteiger partial charge in [0.25, 0.3) is 0 Å². The van der Waals surface area contributed by atoms with E-state index >= 15 is 0 Å². The van der Waals surface area contributed by atoms with Crippen LogP contribution in [0, 0.1) is 6.92 Å². The number of benzene rings is 1. The van der Waals surface area contributed by atoms with Crippen LogP contribution in [0.4, 0.5) is 10.5 Å². The van der Waals surface area contributed by atoms with Gasteiger partial charge in [-0.1, -0.05) is 28.7 Å². The largest absolute Gasteiger partial charge is 0.439 e. The van der Waals surface area contributed by atoms with E-state index in [1.54, 1.807) is 0 Å². The van der Waals surface area contributed by atoms with Crippen LogP contribution in [0.5, 0.6) is 5.75 Å². The van der Waals surface area contributed by atoms with Crippen molar-refractivity contribution in [3.63, 3.8) is 0 Å². The number of carbonyl (C=O) groups is 1. The van der Waals surface area contributed by atoms with Gasteiger partial charge in [-0.05, 0) is 23.5 Å². The van der Waals surface area contributed by atoms with Crippen LogP contribution in [0.2, 0.25) is 0 Å². The van der Waals surface area contributed by atoms with Crippen molar-refractivity contribution in [1.82, 2.24) is 5.06 Å². The van der Waals surface area contributed by atoms with Gasteiger partial charge in [0, 0.05) is 32.9 Å². The molecule has 0 heterocycles. The number of aryl methyl sites for hydroxylation is 1. The van der Waals surface area contributed by atoms with E-state index in [0.717, 1.165) is 16.3 Å². The van der Waals surface area contributed by atoms with Gasteiger partial charge in [-0.25, -0.2) is 4.79 Å². The van der Waals surface area contributed by atoms with Crippen molar-refractivity contribution >= 4 is 34.4 Å². The minimum absolute atomic E-state index is 0.533. The summed E-state index contributed by atoms with van der Waals surface area (Å²) >= 11 is 2.15. The molecule has 1 amide bonds. The Bertz CT molecular complexity index is 411. The smallest absolute Gasteiger partial charge is 0.408 e. The summed E-state index contributed by atoms with van der Waals surface area (Å²) < 4.78 is 5.22. The highest BCUT2D eigenvalue weighted by molar-refractivity contribution is 14.1. The Balaban J connectivity index is 0.00000154. The Morgan fingerprint density at radius 1 is 1.21 bits per heavy atom. The standard InChI is InChI=1S/C12H18N2O3.CH3I/c1-9-6-7-10(13(2)3)8-11(9)17-12(15)14(4)16-5;1-2/h6-8H,1-5H3;1H3. The lowest BCUT2D eigenvalue weighted by Crippen LogP contribution is -2.28. The molecule has 0 aliphatic carbocycles. The number of carbonyl (C=O) groups excluding carboxylic acids is 1. The third kappa shape index (κ3) is 5.65. The molecule has 0 saturated heterocycles. The molecule has 0 bridgehead atoms. The van der Waals surface area contributed by atoms with Crippen molar-refractivity contribution in [3.8, 4) is 5.75 Å². The maximum Gasteiger partial charge on any atom is 0.439 e. The molecule has 0 spiro atoms. The number of alkyl halides is 1. The van der Waals surface area contributed by atoms with Gasteiger partial charge in [-0.3, -0.25) is 4.84 Å². The number of halogens is 1. The molecular weight excluding hydrogens is 359 g/mol. The zero-order valence-corrected chi connectivity index (χ0v) is 14.4.